The van der Waals surface area contributed by atoms with Gasteiger partial charge in [0.05, 0.1) is 25.2 Å². The Morgan fingerprint density at radius 2 is 1.93 bits per heavy atom. The summed E-state index contributed by atoms with van der Waals surface area (Å²) in [7, 11) is 2.73. The highest BCUT2D eigenvalue weighted by atomic mass is 16.6. The normalized spacial score (nSPS) is 10.6. The van der Waals surface area contributed by atoms with Crippen molar-refractivity contribution in [2.45, 2.75) is 0 Å². The summed E-state index contributed by atoms with van der Waals surface area (Å²) in [6.07, 6.45) is 1.05. The molecule has 0 saturated heterocycles. The third kappa shape index (κ3) is 4.52. The zero-order valence-electron chi connectivity index (χ0n) is 14.4. The number of amides is 1. The molecule has 2 rings (SSSR count). The van der Waals surface area contributed by atoms with Crippen molar-refractivity contribution < 1.29 is 24.3 Å². The van der Waals surface area contributed by atoms with Gasteiger partial charge in [0.1, 0.15) is 17.4 Å². The average molecular weight is 369 g/mol. The highest BCUT2D eigenvalue weighted by molar-refractivity contribution is 6.10. The fourth-order valence-electron chi connectivity index (χ4n) is 2.16. The number of non-ortho nitro benzene ring substituents is 1. The maximum atomic E-state index is 12.3. The molecule has 0 spiro atoms. The van der Waals surface area contributed by atoms with E-state index in [1.54, 1.807) is 30.3 Å². The van der Waals surface area contributed by atoms with Crippen molar-refractivity contribution >= 4 is 23.4 Å². The van der Waals surface area contributed by atoms with Crippen LogP contribution in [0.5, 0.6) is 17.2 Å². The van der Waals surface area contributed by atoms with E-state index in [0.29, 0.717) is 11.4 Å². The zero-order valence-corrected chi connectivity index (χ0v) is 14.4. The van der Waals surface area contributed by atoms with E-state index in [4.69, 9.17) is 9.47 Å². The standard InChI is InChI=1S/C18H15N3O6/c1-26-15-5-3-13(4-6-15)20-18(23)12(10-19)7-11-8-14(21(24)25)9-16(27-2)17(11)22/h3-9,22H,1-2H3,(H,20,23)/b12-7-. The largest absolute Gasteiger partial charge is 0.504 e. The van der Waals surface area contributed by atoms with E-state index in [1.807, 2.05) is 0 Å². The van der Waals surface area contributed by atoms with Gasteiger partial charge in [-0.1, -0.05) is 0 Å². The summed E-state index contributed by atoms with van der Waals surface area (Å²) in [6, 6.07) is 10.2. The molecule has 0 heterocycles. The van der Waals surface area contributed by atoms with Gasteiger partial charge in [-0.15, -0.1) is 0 Å². The summed E-state index contributed by atoms with van der Waals surface area (Å²) in [5, 5.41) is 32.9. The van der Waals surface area contributed by atoms with E-state index < -0.39 is 16.6 Å². The van der Waals surface area contributed by atoms with Crippen LogP contribution in [-0.2, 0) is 4.79 Å². The molecular formula is C18H15N3O6. The molecular weight excluding hydrogens is 354 g/mol. The molecule has 0 fully saturated rings. The molecule has 0 radical (unpaired) electrons. The van der Waals surface area contributed by atoms with Crippen LogP contribution in [0.1, 0.15) is 5.56 Å². The first-order valence-electron chi connectivity index (χ1n) is 7.52. The number of benzene rings is 2. The van der Waals surface area contributed by atoms with Crippen LogP contribution in [0, 0.1) is 21.4 Å². The Morgan fingerprint density at radius 3 is 2.44 bits per heavy atom. The van der Waals surface area contributed by atoms with Crippen LogP contribution in [0.25, 0.3) is 6.08 Å². The van der Waals surface area contributed by atoms with Crippen LogP contribution in [0.4, 0.5) is 11.4 Å². The molecule has 0 atom stereocenters. The maximum Gasteiger partial charge on any atom is 0.274 e. The molecule has 1 amide bonds. The van der Waals surface area contributed by atoms with Crippen molar-refractivity contribution in [3.05, 3.63) is 57.6 Å². The van der Waals surface area contributed by atoms with Crippen LogP contribution in [0.3, 0.4) is 0 Å². The molecule has 2 N–H and O–H groups in total. The molecule has 9 nitrogen and oxygen atoms in total. The zero-order chi connectivity index (χ0) is 20.0. The Morgan fingerprint density at radius 1 is 1.26 bits per heavy atom. The predicted octanol–water partition coefficient (Wildman–Crippen LogP) is 2.86. The monoisotopic (exact) mass is 369 g/mol. The summed E-state index contributed by atoms with van der Waals surface area (Å²) >= 11 is 0. The van der Waals surface area contributed by atoms with Crippen LogP contribution >= 0.6 is 0 Å². The van der Waals surface area contributed by atoms with Gasteiger partial charge in [0, 0.05) is 17.3 Å². The number of hydrogen-bond donors (Lipinski definition) is 2. The Labute approximate surface area is 154 Å². The minimum atomic E-state index is -0.743. The first-order chi connectivity index (χ1) is 12.9. The number of hydrogen-bond acceptors (Lipinski definition) is 7. The van der Waals surface area contributed by atoms with Gasteiger partial charge in [-0.25, -0.2) is 0 Å². The molecule has 0 aromatic heterocycles. The Bertz CT molecular complexity index is 945. The number of phenols is 1. The summed E-state index contributed by atoms with van der Waals surface area (Å²) in [4.78, 5) is 22.6. The van der Waals surface area contributed by atoms with Gasteiger partial charge in [0.25, 0.3) is 11.6 Å². The lowest BCUT2D eigenvalue weighted by molar-refractivity contribution is -0.385. The number of carbonyl (C=O) groups excluding carboxylic acids is 1. The number of carbonyl (C=O) groups is 1. The van der Waals surface area contributed by atoms with E-state index in [9.17, 15) is 25.3 Å². The van der Waals surface area contributed by atoms with Crippen molar-refractivity contribution in [3.8, 4) is 23.3 Å². The van der Waals surface area contributed by atoms with Crippen LogP contribution < -0.4 is 14.8 Å². The topological polar surface area (TPSA) is 135 Å². The number of ether oxygens (including phenoxy) is 2. The summed E-state index contributed by atoms with van der Waals surface area (Å²) in [6.45, 7) is 0. The van der Waals surface area contributed by atoms with Crippen molar-refractivity contribution in [2.24, 2.45) is 0 Å². The SMILES string of the molecule is COc1ccc(NC(=O)/C(C#N)=C\c2cc([N+](=O)[O-])cc(OC)c2O)cc1. The molecule has 0 saturated carbocycles. The maximum absolute atomic E-state index is 12.3. The van der Waals surface area contributed by atoms with Gasteiger partial charge in [0.2, 0.25) is 0 Å². The van der Waals surface area contributed by atoms with E-state index in [1.165, 1.54) is 14.2 Å². The number of phenolic OH excluding ortho intramolecular Hbond substituents is 1. The Balaban J connectivity index is 2.36. The second kappa shape index (κ2) is 8.35. The van der Waals surface area contributed by atoms with E-state index in [0.717, 1.165) is 18.2 Å². The van der Waals surface area contributed by atoms with Gasteiger partial charge in [0.15, 0.2) is 11.5 Å². The van der Waals surface area contributed by atoms with E-state index >= 15 is 0 Å². The number of aromatic hydroxyl groups is 1. The summed E-state index contributed by atoms with van der Waals surface area (Å²) in [5.41, 5.74) is -0.391. The number of nitrogens with one attached hydrogen (secondary N) is 1. The second-order valence-corrected chi connectivity index (χ2v) is 5.20. The molecule has 2 aromatic rings. The molecule has 9 heteroatoms. The molecule has 0 aliphatic rings. The molecule has 27 heavy (non-hydrogen) atoms. The smallest absolute Gasteiger partial charge is 0.274 e. The molecule has 138 valence electrons. The minimum absolute atomic E-state index is 0.0949. The highest BCUT2D eigenvalue weighted by Gasteiger charge is 2.18. The van der Waals surface area contributed by atoms with Gasteiger partial charge < -0.3 is 19.9 Å². The molecule has 2 aromatic carbocycles. The molecule has 0 bridgehead atoms. The number of nitro groups is 1. The molecule has 0 unspecified atom stereocenters. The lowest BCUT2D eigenvalue weighted by Crippen LogP contribution is -2.13. The quantitative estimate of drug-likeness (QED) is 0.346. The number of methoxy groups -OCH3 is 2. The lowest BCUT2D eigenvalue weighted by atomic mass is 10.1. The van der Waals surface area contributed by atoms with Crippen LogP contribution in [0.2, 0.25) is 0 Å². The minimum Gasteiger partial charge on any atom is -0.504 e. The number of nitrogens with zero attached hydrogens (tertiary/aromatic N) is 2. The average Bonchev–Trinajstić information content (AvgIpc) is 2.67. The molecule has 0 aliphatic carbocycles. The number of nitriles is 1. The van der Waals surface area contributed by atoms with Crippen molar-refractivity contribution in [1.29, 1.82) is 5.26 Å². The highest BCUT2D eigenvalue weighted by Crippen LogP contribution is 2.35. The van der Waals surface area contributed by atoms with Gasteiger partial charge in [-0.3, -0.25) is 14.9 Å². The Kier molecular flexibility index (Phi) is 5.96. The van der Waals surface area contributed by atoms with Crippen LogP contribution in [-0.4, -0.2) is 30.2 Å². The summed E-state index contributed by atoms with van der Waals surface area (Å²) in [5.74, 6) is -0.721. The van der Waals surface area contributed by atoms with Gasteiger partial charge in [-0.2, -0.15) is 5.26 Å². The summed E-state index contributed by atoms with van der Waals surface area (Å²) < 4.78 is 9.91. The van der Waals surface area contributed by atoms with Crippen molar-refractivity contribution in [2.75, 3.05) is 19.5 Å². The Hall–Kier alpha value is -4.06. The van der Waals surface area contributed by atoms with Crippen molar-refractivity contribution in [1.82, 2.24) is 0 Å². The molecule has 0 aliphatic heterocycles. The first kappa shape index (κ1) is 19.3. The number of rotatable bonds is 6. The predicted molar refractivity (Wildman–Crippen MR) is 96.5 cm³/mol. The fourth-order valence-corrected chi connectivity index (χ4v) is 2.16. The fraction of sp³-hybridized carbons (Fsp3) is 0.111. The number of nitro benzene ring substituents is 1. The third-order valence-corrected chi connectivity index (χ3v) is 3.53. The number of anilines is 1. The van der Waals surface area contributed by atoms with E-state index in [-0.39, 0.29) is 22.6 Å². The van der Waals surface area contributed by atoms with Gasteiger partial charge >= 0.3 is 0 Å². The first-order valence-corrected chi connectivity index (χ1v) is 7.52. The second-order valence-electron chi connectivity index (χ2n) is 5.20. The third-order valence-electron chi connectivity index (χ3n) is 3.53. The van der Waals surface area contributed by atoms with Crippen molar-refractivity contribution in [3.63, 3.8) is 0 Å². The van der Waals surface area contributed by atoms with E-state index in [2.05, 4.69) is 5.32 Å². The van der Waals surface area contributed by atoms with Gasteiger partial charge in [-0.05, 0) is 30.3 Å². The lowest BCUT2D eigenvalue weighted by Gasteiger charge is -2.08. The van der Waals surface area contributed by atoms with Crippen LogP contribution in [0.15, 0.2) is 42.0 Å².